The van der Waals surface area contributed by atoms with Gasteiger partial charge in [-0.1, -0.05) is 78.5 Å². The van der Waals surface area contributed by atoms with Crippen molar-refractivity contribution in [2.45, 2.75) is 26.5 Å². The standard InChI is InChI=1S/C26H23Cl4N3O3/c1-15(2)24(32-25(34)16-8-10-20(28)22(30)11-16)26(35)33-31-13-17-5-3-4-6-23(17)36-14-18-7-9-19(27)12-21(18)29/h3-13,15,24H,14H2,1-2H3,(H,32,34)(H,33,35). The van der Waals surface area contributed by atoms with Crippen molar-refractivity contribution in [2.75, 3.05) is 0 Å². The Morgan fingerprint density at radius 2 is 1.69 bits per heavy atom. The summed E-state index contributed by atoms with van der Waals surface area (Å²) < 4.78 is 5.90. The average Bonchev–Trinajstić information content (AvgIpc) is 2.84. The van der Waals surface area contributed by atoms with E-state index in [4.69, 9.17) is 51.1 Å². The molecule has 0 aliphatic carbocycles. The minimum atomic E-state index is -0.831. The highest BCUT2D eigenvalue weighted by Gasteiger charge is 2.24. The van der Waals surface area contributed by atoms with Crippen molar-refractivity contribution in [3.63, 3.8) is 0 Å². The molecular weight excluding hydrogens is 544 g/mol. The number of carbonyl (C=O) groups excluding carboxylic acids is 2. The molecule has 0 saturated heterocycles. The molecular formula is C26H23Cl4N3O3. The van der Waals surface area contributed by atoms with Crippen molar-refractivity contribution in [3.8, 4) is 5.75 Å². The largest absolute Gasteiger partial charge is 0.488 e. The van der Waals surface area contributed by atoms with Crippen LogP contribution in [0.4, 0.5) is 0 Å². The first-order chi connectivity index (χ1) is 17.2. The summed E-state index contributed by atoms with van der Waals surface area (Å²) in [5, 5.41) is 8.40. The van der Waals surface area contributed by atoms with Crippen molar-refractivity contribution in [1.82, 2.24) is 10.7 Å². The minimum Gasteiger partial charge on any atom is -0.488 e. The zero-order chi connectivity index (χ0) is 26.2. The molecule has 0 aromatic heterocycles. The van der Waals surface area contributed by atoms with Crippen LogP contribution in [0.2, 0.25) is 20.1 Å². The molecule has 0 saturated carbocycles. The Hall–Kier alpha value is -2.77. The number of nitrogens with one attached hydrogen (secondary N) is 2. The Morgan fingerprint density at radius 3 is 2.39 bits per heavy atom. The summed E-state index contributed by atoms with van der Waals surface area (Å²) >= 11 is 24.1. The molecule has 0 aliphatic rings. The molecule has 0 fully saturated rings. The number of nitrogens with zero attached hydrogens (tertiary/aromatic N) is 1. The predicted molar refractivity (Wildman–Crippen MR) is 146 cm³/mol. The summed E-state index contributed by atoms with van der Waals surface area (Å²) in [6.07, 6.45) is 1.47. The number of ether oxygens (including phenoxy) is 1. The van der Waals surface area contributed by atoms with Crippen LogP contribution in [-0.2, 0) is 11.4 Å². The van der Waals surface area contributed by atoms with Gasteiger partial charge in [-0.2, -0.15) is 5.10 Å². The number of carbonyl (C=O) groups is 2. The van der Waals surface area contributed by atoms with E-state index in [-0.39, 0.29) is 17.5 Å². The summed E-state index contributed by atoms with van der Waals surface area (Å²) in [5.41, 5.74) is 4.19. The summed E-state index contributed by atoms with van der Waals surface area (Å²) in [6, 6.07) is 16.1. The molecule has 3 rings (SSSR count). The van der Waals surface area contributed by atoms with Crippen molar-refractivity contribution in [1.29, 1.82) is 0 Å². The third kappa shape index (κ3) is 7.61. The Morgan fingerprint density at radius 1 is 0.944 bits per heavy atom. The lowest BCUT2D eigenvalue weighted by molar-refractivity contribution is -0.123. The van der Waals surface area contributed by atoms with Crippen LogP contribution in [-0.4, -0.2) is 24.1 Å². The van der Waals surface area contributed by atoms with Gasteiger partial charge in [0, 0.05) is 26.7 Å². The van der Waals surface area contributed by atoms with E-state index in [0.717, 1.165) is 5.56 Å². The Bertz CT molecular complexity index is 1280. The highest BCUT2D eigenvalue weighted by molar-refractivity contribution is 6.42. The van der Waals surface area contributed by atoms with Gasteiger partial charge in [0.25, 0.3) is 11.8 Å². The molecule has 2 N–H and O–H groups in total. The molecule has 0 bridgehead atoms. The van der Waals surface area contributed by atoms with Gasteiger partial charge in [0.05, 0.1) is 16.3 Å². The molecule has 1 atom stereocenters. The quantitative estimate of drug-likeness (QED) is 0.221. The fourth-order valence-corrected chi connectivity index (χ4v) is 3.91. The Kier molecular flexibility index (Phi) is 10.0. The van der Waals surface area contributed by atoms with Crippen LogP contribution in [0, 0.1) is 5.92 Å². The van der Waals surface area contributed by atoms with Crippen LogP contribution in [0.25, 0.3) is 0 Å². The van der Waals surface area contributed by atoms with Crippen LogP contribution in [0.5, 0.6) is 5.75 Å². The topological polar surface area (TPSA) is 79.8 Å². The van der Waals surface area contributed by atoms with Crippen molar-refractivity contribution >= 4 is 64.4 Å². The van der Waals surface area contributed by atoms with E-state index < -0.39 is 17.9 Å². The predicted octanol–water partition coefficient (Wildman–Crippen LogP) is 6.78. The van der Waals surface area contributed by atoms with Gasteiger partial charge in [-0.05, 0) is 48.4 Å². The summed E-state index contributed by atoms with van der Waals surface area (Å²) in [7, 11) is 0. The van der Waals surface area contributed by atoms with E-state index in [0.29, 0.717) is 31.9 Å². The molecule has 188 valence electrons. The first kappa shape index (κ1) is 27.8. The second-order valence-electron chi connectivity index (χ2n) is 8.12. The van der Waals surface area contributed by atoms with Gasteiger partial charge in [-0.3, -0.25) is 9.59 Å². The third-order valence-corrected chi connectivity index (χ3v) is 6.44. The number of rotatable bonds is 9. The smallest absolute Gasteiger partial charge is 0.262 e. The van der Waals surface area contributed by atoms with Crippen molar-refractivity contribution < 1.29 is 14.3 Å². The van der Waals surface area contributed by atoms with Crippen molar-refractivity contribution in [2.24, 2.45) is 11.0 Å². The molecule has 3 aromatic rings. The number of halogens is 4. The van der Waals surface area contributed by atoms with Crippen molar-refractivity contribution in [3.05, 3.63) is 97.4 Å². The number of benzene rings is 3. The van der Waals surface area contributed by atoms with E-state index in [1.54, 1.807) is 30.3 Å². The maximum absolute atomic E-state index is 12.8. The third-order valence-electron chi connectivity index (χ3n) is 5.11. The normalized spacial score (nSPS) is 12.0. The van der Waals surface area contributed by atoms with E-state index in [9.17, 15) is 9.59 Å². The van der Waals surface area contributed by atoms with E-state index >= 15 is 0 Å². The fourth-order valence-electron chi connectivity index (χ4n) is 3.14. The number of hydrazone groups is 1. The first-order valence-corrected chi connectivity index (χ1v) is 12.4. The highest BCUT2D eigenvalue weighted by atomic mass is 35.5. The molecule has 36 heavy (non-hydrogen) atoms. The SMILES string of the molecule is CC(C)C(NC(=O)c1ccc(Cl)c(Cl)c1)C(=O)NN=Cc1ccccc1OCc1ccc(Cl)cc1Cl. The molecule has 1 unspecified atom stereocenters. The zero-order valence-corrected chi connectivity index (χ0v) is 22.4. The van der Waals surface area contributed by atoms with Gasteiger partial charge in [-0.15, -0.1) is 0 Å². The maximum atomic E-state index is 12.8. The molecule has 2 amide bonds. The molecule has 0 spiro atoms. The Balaban J connectivity index is 1.64. The number of amides is 2. The Labute approximate surface area is 229 Å². The van der Waals surface area contributed by atoms with Crippen LogP contribution in [0.3, 0.4) is 0 Å². The molecule has 10 heteroatoms. The summed E-state index contributed by atoms with van der Waals surface area (Å²) in [6.45, 7) is 3.85. The zero-order valence-electron chi connectivity index (χ0n) is 19.4. The summed E-state index contributed by atoms with van der Waals surface area (Å²) in [5.74, 6) is -0.575. The molecule has 6 nitrogen and oxygen atoms in total. The highest BCUT2D eigenvalue weighted by Crippen LogP contribution is 2.24. The molecule has 0 radical (unpaired) electrons. The lowest BCUT2D eigenvalue weighted by Gasteiger charge is -2.20. The van der Waals surface area contributed by atoms with Crippen LogP contribution in [0.15, 0.2) is 65.8 Å². The number of para-hydroxylation sites is 1. The van der Waals surface area contributed by atoms with Crippen LogP contribution in [0.1, 0.15) is 35.3 Å². The van der Waals surface area contributed by atoms with Gasteiger partial charge < -0.3 is 10.1 Å². The monoisotopic (exact) mass is 565 g/mol. The summed E-state index contributed by atoms with van der Waals surface area (Å²) in [4.78, 5) is 25.4. The lowest BCUT2D eigenvalue weighted by Crippen LogP contribution is -2.48. The van der Waals surface area contributed by atoms with E-state index in [2.05, 4.69) is 15.8 Å². The lowest BCUT2D eigenvalue weighted by atomic mass is 10.0. The molecule has 0 aliphatic heterocycles. The average molecular weight is 567 g/mol. The van der Waals surface area contributed by atoms with E-state index in [1.807, 2.05) is 26.0 Å². The second-order valence-corrected chi connectivity index (χ2v) is 9.78. The fraction of sp³-hybridized carbons (Fsp3) is 0.192. The van der Waals surface area contributed by atoms with Gasteiger partial charge in [0.1, 0.15) is 18.4 Å². The first-order valence-electron chi connectivity index (χ1n) is 10.9. The molecule has 0 heterocycles. The van der Waals surface area contributed by atoms with E-state index in [1.165, 1.54) is 24.4 Å². The van der Waals surface area contributed by atoms with Gasteiger partial charge in [0.2, 0.25) is 0 Å². The van der Waals surface area contributed by atoms with Crippen LogP contribution < -0.4 is 15.5 Å². The second kappa shape index (κ2) is 13.0. The van der Waals surface area contributed by atoms with Gasteiger partial charge >= 0.3 is 0 Å². The molecule has 3 aromatic carbocycles. The van der Waals surface area contributed by atoms with Gasteiger partial charge in [0.15, 0.2) is 0 Å². The minimum absolute atomic E-state index is 0.202. The van der Waals surface area contributed by atoms with Gasteiger partial charge in [-0.25, -0.2) is 5.43 Å². The maximum Gasteiger partial charge on any atom is 0.262 e. The number of hydrogen-bond acceptors (Lipinski definition) is 4. The number of hydrogen-bond donors (Lipinski definition) is 2. The van der Waals surface area contributed by atoms with Crippen LogP contribution >= 0.6 is 46.4 Å².